The lowest BCUT2D eigenvalue weighted by molar-refractivity contribution is 0.587. The van der Waals surface area contributed by atoms with Crippen LogP contribution in [0.3, 0.4) is 0 Å². The maximum absolute atomic E-state index is 12.5. The highest BCUT2D eigenvalue weighted by Gasteiger charge is 2.16. The zero-order chi connectivity index (χ0) is 15.8. The third-order valence-corrected chi connectivity index (χ3v) is 3.79. The van der Waals surface area contributed by atoms with Crippen LogP contribution in [0.2, 0.25) is 0 Å². The Bertz CT molecular complexity index is 1030. The quantitative estimate of drug-likeness (QED) is 0.563. The lowest BCUT2D eigenvalue weighted by Gasteiger charge is -2.04. The highest BCUT2D eigenvalue weighted by molar-refractivity contribution is 5.79. The molecule has 0 N–H and O–H groups in total. The van der Waals surface area contributed by atoms with Crippen LogP contribution in [0.1, 0.15) is 5.69 Å². The van der Waals surface area contributed by atoms with Crippen LogP contribution in [0.4, 0.5) is 0 Å². The summed E-state index contributed by atoms with van der Waals surface area (Å²) >= 11 is 0. The van der Waals surface area contributed by atoms with E-state index in [1.54, 1.807) is 4.68 Å². The van der Waals surface area contributed by atoms with Crippen molar-refractivity contribution in [3.63, 3.8) is 0 Å². The van der Waals surface area contributed by atoms with Crippen molar-refractivity contribution < 1.29 is 4.42 Å². The van der Waals surface area contributed by atoms with Gasteiger partial charge in [0.15, 0.2) is 5.43 Å². The molecule has 0 bridgehead atoms. The zero-order valence-electron chi connectivity index (χ0n) is 12.6. The largest absolute Gasteiger partial charge is 0.437 e. The molecule has 0 fully saturated rings. The van der Waals surface area contributed by atoms with E-state index in [2.05, 4.69) is 5.10 Å². The standard InChI is InChI=1S/C19H14N2O2/c1-13-18-16(22)12-17(14-8-4-2-5-9-14)23-19(18)21(20-13)15-10-6-3-7-11-15/h2-12H,1H3. The minimum Gasteiger partial charge on any atom is -0.437 e. The first-order chi connectivity index (χ1) is 11.2. The van der Waals surface area contributed by atoms with Gasteiger partial charge >= 0.3 is 0 Å². The molecule has 0 aliphatic heterocycles. The Labute approximate surface area is 132 Å². The fourth-order valence-corrected chi connectivity index (χ4v) is 2.70. The van der Waals surface area contributed by atoms with Crippen LogP contribution in [-0.4, -0.2) is 9.78 Å². The van der Waals surface area contributed by atoms with Crippen molar-refractivity contribution in [2.45, 2.75) is 6.92 Å². The first-order valence-corrected chi connectivity index (χ1v) is 7.38. The number of nitrogens with zero attached hydrogens (tertiary/aromatic N) is 2. The minimum atomic E-state index is -0.0789. The number of hydrogen-bond acceptors (Lipinski definition) is 3. The van der Waals surface area contributed by atoms with Crippen LogP contribution in [0.25, 0.3) is 28.1 Å². The molecular formula is C19H14N2O2. The van der Waals surface area contributed by atoms with Crippen LogP contribution in [0, 0.1) is 6.92 Å². The van der Waals surface area contributed by atoms with E-state index in [9.17, 15) is 4.79 Å². The van der Waals surface area contributed by atoms with E-state index >= 15 is 0 Å². The molecule has 0 saturated heterocycles. The Morgan fingerprint density at radius 3 is 2.30 bits per heavy atom. The van der Waals surface area contributed by atoms with Crippen molar-refractivity contribution in [3.8, 4) is 17.0 Å². The van der Waals surface area contributed by atoms with Gasteiger partial charge in [-0.05, 0) is 19.1 Å². The lowest BCUT2D eigenvalue weighted by atomic mass is 10.1. The number of aromatic nitrogens is 2. The molecule has 2 heterocycles. The zero-order valence-corrected chi connectivity index (χ0v) is 12.6. The third-order valence-electron chi connectivity index (χ3n) is 3.79. The number of aryl methyl sites for hydroxylation is 1. The van der Waals surface area contributed by atoms with Gasteiger partial charge in [-0.25, -0.2) is 0 Å². The molecule has 0 aliphatic rings. The maximum atomic E-state index is 12.5. The van der Waals surface area contributed by atoms with Crippen molar-refractivity contribution in [1.29, 1.82) is 0 Å². The molecule has 0 radical (unpaired) electrons. The van der Waals surface area contributed by atoms with Crippen molar-refractivity contribution in [2.24, 2.45) is 0 Å². The van der Waals surface area contributed by atoms with Gasteiger partial charge in [0.2, 0.25) is 5.71 Å². The first-order valence-electron chi connectivity index (χ1n) is 7.38. The van der Waals surface area contributed by atoms with E-state index in [4.69, 9.17) is 4.42 Å². The second-order valence-electron chi connectivity index (χ2n) is 5.35. The molecule has 0 aliphatic carbocycles. The summed E-state index contributed by atoms with van der Waals surface area (Å²) in [6.45, 7) is 1.82. The summed E-state index contributed by atoms with van der Waals surface area (Å²) in [7, 11) is 0. The lowest BCUT2D eigenvalue weighted by Crippen LogP contribution is -2.01. The molecular weight excluding hydrogens is 288 g/mol. The number of para-hydroxylation sites is 1. The Morgan fingerprint density at radius 2 is 1.61 bits per heavy atom. The summed E-state index contributed by atoms with van der Waals surface area (Å²) in [6, 6.07) is 20.8. The molecule has 4 aromatic rings. The Balaban J connectivity index is 2.03. The molecule has 4 rings (SSSR count). The fourth-order valence-electron chi connectivity index (χ4n) is 2.70. The van der Waals surface area contributed by atoms with Gasteiger partial charge in [-0.2, -0.15) is 9.78 Å². The van der Waals surface area contributed by atoms with Crippen LogP contribution in [0.15, 0.2) is 75.9 Å². The van der Waals surface area contributed by atoms with E-state index in [-0.39, 0.29) is 5.43 Å². The molecule has 0 amide bonds. The van der Waals surface area contributed by atoms with Gasteiger partial charge in [0.25, 0.3) is 0 Å². The topological polar surface area (TPSA) is 48.0 Å². The van der Waals surface area contributed by atoms with Gasteiger partial charge in [0.1, 0.15) is 11.1 Å². The highest BCUT2D eigenvalue weighted by atomic mass is 16.3. The van der Waals surface area contributed by atoms with Gasteiger partial charge in [-0.15, -0.1) is 0 Å². The van der Waals surface area contributed by atoms with Crippen LogP contribution >= 0.6 is 0 Å². The number of benzene rings is 2. The summed E-state index contributed by atoms with van der Waals surface area (Å²) in [5.74, 6) is 0.542. The fraction of sp³-hybridized carbons (Fsp3) is 0.0526. The second-order valence-corrected chi connectivity index (χ2v) is 5.35. The monoisotopic (exact) mass is 302 g/mol. The molecule has 2 aromatic heterocycles. The summed E-state index contributed by atoms with van der Waals surface area (Å²) in [4.78, 5) is 12.5. The number of rotatable bonds is 2. The molecule has 23 heavy (non-hydrogen) atoms. The Kier molecular flexibility index (Phi) is 3.08. The molecule has 4 nitrogen and oxygen atoms in total. The van der Waals surface area contributed by atoms with Gasteiger partial charge < -0.3 is 4.42 Å². The minimum absolute atomic E-state index is 0.0789. The summed E-state index contributed by atoms with van der Waals surface area (Å²) < 4.78 is 7.71. The van der Waals surface area contributed by atoms with Crippen LogP contribution in [0.5, 0.6) is 0 Å². The van der Waals surface area contributed by atoms with E-state index in [0.29, 0.717) is 22.6 Å². The Hall–Kier alpha value is -3.14. The first kappa shape index (κ1) is 13.5. The molecule has 4 heteroatoms. The van der Waals surface area contributed by atoms with E-state index in [0.717, 1.165) is 11.3 Å². The number of hydrogen-bond donors (Lipinski definition) is 0. The smallest absolute Gasteiger partial charge is 0.234 e. The summed E-state index contributed by atoms with van der Waals surface area (Å²) in [6.07, 6.45) is 0. The predicted octanol–water partition coefficient (Wildman–Crippen LogP) is 3.95. The Morgan fingerprint density at radius 1 is 0.957 bits per heavy atom. The second kappa shape index (κ2) is 5.25. The molecule has 112 valence electrons. The average molecular weight is 302 g/mol. The molecule has 0 spiro atoms. The van der Waals surface area contributed by atoms with Crippen LogP contribution < -0.4 is 5.43 Å². The van der Waals surface area contributed by atoms with E-state index < -0.39 is 0 Å². The van der Waals surface area contributed by atoms with Crippen LogP contribution in [-0.2, 0) is 0 Å². The SMILES string of the molecule is Cc1nn(-c2ccccc2)c2oc(-c3ccccc3)cc(=O)c12. The molecule has 0 atom stereocenters. The normalized spacial score (nSPS) is 11.0. The number of fused-ring (bicyclic) bond motifs is 1. The van der Waals surface area contributed by atoms with Crippen molar-refractivity contribution in [1.82, 2.24) is 9.78 Å². The van der Waals surface area contributed by atoms with E-state index in [1.165, 1.54) is 6.07 Å². The summed E-state index contributed by atoms with van der Waals surface area (Å²) in [5, 5.41) is 5.00. The molecule has 2 aromatic carbocycles. The predicted molar refractivity (Wildman–Crippen MR) is 89.8 cm³/mol. The average Bonchev–Trinajstić information content (AvgIpc) is 2.94. The maximum Gasteiger partial charge on any atom is 0.234 e. The van der Waals surface area contributed by atoms with Gasteiger partial charge in [0.05, 0.1) is 11.4 Å². The summed E-state index contributed by atoms with van der Waals surface area (Å²) in [5.41, 5.74) is 2.78. The molecule has 0 saturated carbocycles. The van der Waals surface area contributed by atoms with Gasteiger partial charge in [-0.1, -0.05) is 48.5 Å². The highest BCUT2D eigenvalue weighted by Crippen LogP contribution is 2.25. The van der Waals surface area contributed by atoms with Crippen molar-refractivity contribution in [3.05, 3.63) is 82.6 Å². The molecule has 0 unspecified atom stereocenters. The van der Waals surface area contributed by atoms with Gasteiger partial charge in [-0.3, -0.25) is 4.79 Å². The van der Waals surface area contributed by atoms with Crippen molar-refractivity contribution in [2.75, 3.05) is 0 Å². The third kappa shape index (κ3) is 2.25. The van der Waals surface area contributed by atoms with Crippen molar-refractivity contribution >= 4 is 11.1 Å². The van der Waals surface area contributed by atoms with E-state index in [1.807, 2.05) is 67.6 Å². The van der Waals surface area contributed by atoms with Gasteiger partial charge in [0, 0.05) is 11.6 Å².